The van der Waals surface area contributed by atoms with Crippen molar-refractivity contribution in [3.8, 4) is 11.5 Å². The predicted octanol–water partition coefficient (Wildman–Crippen LogP) is 1.58. The molecule has 1 aromatic carbocycles. The summed E-state index contributed by atoms with van der Waals surface area (Å²) in [6.07, 6.45) is 0.435. The van der Waals surface area contributed by atoms with Crippen molar-refractivity contribution in [3.63, 3.8) is 0 Å². The van der Waals surface area contributed by atoms with E-state index in [0.29, 0.717) is 24.3 Å². The zero-order valence-electron chi connectivity index (χ0n) is 10.8. The van der Waals surface area contributed by atoms with Crippen molar-refractivity contribution in [1.29, 1.82) is 0 Å². The topological polar surface area (TPSA) is 67.8 Å². The molecular formula is C13H16FNO4. The second kappa shape index (κ2) is 5.44. The van der Waals surface area contributed by atoms with Gasteiger partial charge in [-0.1, -0.05) is 0 Å². The molecule has 0 aliphatic carbocycles. The molecule has 0 bridgehead atoms. The van der Waals surface area contributed by atoms with E-state index in [9.17, 15) is 9.18 Å². The number of hydrogen-bond acceptors (Lipinski definition) is 4. The number of rotatable bonds is 4. The number of nitrogens with one attached hydrogen (secondary N) is 1. The molecule has 2 atom stereocenters. The van der Waals surface area contributed by atoms with Gasteiger partial charge in [0.1, 0.15) is 0 Å². The summed E-state index contributed by atoms with van der Waals surface area (Å²) in [5, 5.41) is 12.0. The molecule has 104 valence electrons. The zero-order valence-corrected chi connectivity index (χ0v) is 10.8. The molecule has 19 heavy (non-hydrogen) atoms. The van der Waals surface area contributed by atoms with Crippen LogP contribution in [0.15, 0.2) is 12.1 Å². The van der Waals surface area contributed by atoms with Crippen LogP contribution < -0.4 is 14.8 Å². The van der Waals surface area contributed by atoms with Crippen molar-refractivity contribution >= 4 is 5.97 Å². The van der Waals surface area contributed by atoms with Crippen molar-refractivity contribution < 1.29 is 23.8 Å². The van der Waals surface area contributed by atoms with Crippen LogP contribution >= 0.6 is 0 Å². The minimum Gasteiger partial charge on any atom is -0.493 e. The molecule has 2 unspecified atom stereocenters. The van der Waals surface area contributed by atoms with Gasteiger partial charge < -0.3 is 19.9 Å². The molecule has 1 aromatic rings. The predicted molar refractivity (Wildman–Crippen MR) is 66.0 cm³/mol. The molecule has 0 spiro atoms. The number of methoxy groups -OCH3 is 2. The van der Waals surface area contributed by atoms with E-state index in [-0.39, 0.29) is 11.8 Å². The lowest BCUT2D eigenvalue weighted by atomic mass is 9.99. The van der Waals surface area contributed by atoms with E-state index in [4.69, 9.17) is 14.6 Å². The van der Waals surface area contributed by atoms with Gasteiger partial charge in [-0.2, -0.15) is 0 Å². The normalized spacial score (nSPS) is 22.3. The largest absolute Gasteiger partial charge is 0.493 e. The maximum absolute atomic E-state index is 13.9. The monoisotopic (exact) mass is 269 g/mol. The van der Waals surface area contributed by atoms with E-state index in [1.165, 1.54) is 20.3 Å². The molecule has 0 aromatic heterocycles. The second-order valence-corrected chi connectivity index (χ2v) is 4.47. The number of carbonyl (C=O) groups is 1. The number of carboxylic acid groups (broad SMARTS) is 1. The van der Waals surface area contributed by atoms with E-state index in [0.717, 1.165) is 0 Å². The summed E-state index contributed by atoms with van der Waals surface area (Å²) in [4.78, 5) is 10.9. The lowest BCUT2D eigenvalue weighted by Gasteiger charge is -2.15. The van der Waals surface area contributed by atoms with Crippen LogP contribution in [0.4, 0.5) is 4.39 Å². The highest BCUT2D eigenvalue weighted by atomic mass is 19.1. The first-order valence-corrected chi connectivity index (χ1v) is 5.94. The molecule has 1 aliphatic rings. The summed E-state index contributed by atoms with van der Waals surface area (Å²) in [6, 6.07) is 2.84. The number of aliphatic carboxylic acids is 1. The van der Waals surface area contributed by atoms with Crippen molar-refractivity contribution in [2.45, 2.75) is 12.5 Å². The summed E-state index contributed by atoms with van der Waals surface area (Å²) in [6.45, 7) is 0.385. The molecular weight excluding hydrogens is 253 g/mol. The Hall–Kier alpha value is -1.82. The number of carboxylic acids is 1. The summed E-state index contributed by atoms with van der Waals surface area (Å²) < 4.78 is 23.9. The van der Waals surface area contributed by atoms with Gasteiger partial charge in [-0.15, -0.1) is 0 Å². The smallest absolute Gasteiger partial charge is 0.307 e. The molecule has 1 fully saturated rings. The third-order valence-electron chi connectivity index (χ3n) is 3.34. The van der Waals surface area contributed by atoms with Gasteiger partial charge in [0.25, 0.3) is 0 Å². The Bertz CT molecular complexity index is 492. The first-order chi connectivity index (χ1) is 9.06. The molecule has 0 radical (unpaired) electrons. The number of ether oxygens (including phenoxy) is 2. The fourth-order valence-corrected chi connectivity index (χ4v) is 2.32. The molecule has 6 heteroatoms. The zero-order chi connectivity index (χ0) is 14.0. The number of halogens is 1. The Labute approximate surface area is 110 Å². The van der Waals surface area contributed by atoms with Crippen molar-refractivity contribution in [2.75, 3.05) is 20.8 Å². The van der Waals surface area contributed by atoms with Crippen LogP contribution in [0.3, 0.4) is 0 Å². The SMILES string of the molecule is COc1cc(C2CC(C(=O)O)CN2)cc(F)c1OC. The van der Waals surface area contributed by atoms with Crippen LogP contribution in [0.5, 0.6) is 11.5 Å². The first kappa shape index (κ1) is 13.6. The van der Waals surface area contributed by atoms with Crippen LogP contribution in [-0.4, -0.2) is 31.8 Å². The number of hydrogen-bond donors (Lipinski definition) is 2. The van der Waals surface area contributed by atoms with Gasteiger partial charge in [0.05, 0.1) is 20.1 Å². The van der Waals surface area contributed by atoms with E-state index < -0.39 is 17.7 Å². The fraction of sp³-hybridized carbons (Fsp3) is 0.462. The van der Waals surface area contributed by atoms with E-state index in [1.54, 1.807) is 6.07 Å². The van der Waals surface area contributed by atoms with Crippen molar-refractivity contribution in [1.82, 2.24) is 5.32 Å². The Balaban J connectivity index is 2.27. The lowest BCUT2D eigenvalue weighted by Crippen LogP contribution is -2.17. The third-order valence-corrected chi connectivity index (χ3v) is 3.34. The van der Waals surface area contributed by atoms with Crippen LogP contribution in [-0.2, 0) is 4.79 Å². The second-order valence-electron chi connectivity index (χ2n) is 4.47. The Morgan fingerprint density at radius 1 is 1.42 bits per heavy atom. The highest BCUT2D eigenvalue weighted by Gasteiger charge is 2.31. The molecule has 5 nitrogen and oxygen atoms in total. The van der Waals surface area contributed by atoms with Gasteiger partial charge in [-0.25, -0.2) is 4.39 Å². The summed E-state index contributed by atoms with van der Waals surface area (Å²) in [5.41, 5.74) is 0.666. The number of benzene rings is 1. The van der Waals surface area contributed by atoms with E-state index in [2.05, 4.69) is 5.32 Å². The molecule has 1 heterocycles. The van der Waals surface area contributed by atoms with Gasteiger partial charge in [0.15, 0.2) is 17.3 Å². The standard InChI is InChI=1S/C13H16FNO4/c1-18-11-5-7(3-9(14)12(11)19-2)10-4-8(6-15-10)13(16)17/h3,5,8,10,15H,4,6H2,1-2H3,(H,16,17). The van der Waals surface area contributed by atoms with Crippen molar-refractivity contribution in [3.05, 3.63) is 23.5 Å². The molecule has 2 N–H and O–H groups in total. The van der Waals surface area contributed by atoms with Gasteiger partial charge >= 0.3 is 5.97 Å². The van der Waals surface area contributed by atoms with Crippen LogP contribution in [0.25, 0.3) is 0 Å². The van der Waals surface area contributed by atoms with Crippen LogP contribution in [0.1, 0.15) is 18.0 Å². The van der Waals surface area contributed by atoms with Gasteiger partial charge in [-0.3, -0.25) is 4.79 Å². The minimum absolute atomic E-state index is 0.0547. The molecule has 0 saturated carbocycles. The third kappa shape index (κ3) is 2.63. The Morgan fingerprint density at radius 3 is 2.68 bits per heavy atom. The molecule has 1 aliphatic heterocycles. The van der Waals surface area contributed by atoms with E-state index in [1.807, 2.05) is 0 Å². The van der Waals surface area contributed by atoms with Crippen LogP contribution in [0, 0.1) is 11.7 Å². The Morgan fingerprint density at radius 2 is 2.16 bits per heavy atom. The van der Waals surface area contributed by atoms with Gasteiger partial charge in [0.2, 0.25) is 0 Å². The molecule has 0 amide bonds. The molecule has 1 saturated heterocycles. The summed E-state index contributed by atoms with van der Waals surface area (Å²) in [7, 11) is 2.80. The maximum Gasteiger partial charge on any atom is 0.307 e. The fourth-order valence-electron chi connectivity index (χ4n) is 2.32. The van der Waals surface area contributed by atoms with Crippen LogP contribution in [0.2, 0.25) is 0 Å². The summed E-state index contributed by atoms with van der Waals surface area (Å²) >= 11 is 0. The Kier molecular flexibility index (Phi) is 3.90. The van der Waals surface area contributed by atoms with Gasteiger partial charge in [0, 0.05) is 12.6 Å². The van der Waals surface area contributed by atoms with E-state index >= 15 is 0 Å². The average molecular weight is 269 g/mol. The highest BCUT2D eigenvalue weighted by Crippen LogP contribution is 2.36. The molecule has 2 rings (SSSR count). The first-order valence-electron chi connectivity index (χ1n) is 5.94. The van der Waals surface area contributed by atoms with Gasteiger partial charge in [-0.05, 0) is 24.1 Å². The highest BCUT2D eigenvalue weighted by molar-refractivity contribution is 5.70. The van der Waals surface area contributed by atoms with Crippen molar-refractivity contribution in [2.24, 2.45) is 5.92 Å². The minimum atomic E-state index is -0.837. The average Bonchev–Trinajstić information content (AvgIpc) is 2.87. The lowest BCUT2D eigenvalue weighted by molar-refractivity contribution is -0.141. The quantitative estimate of drug-likeness (QED) is 0.868. The summed E-state index contributed by atoms with van der Waals surface area (Å²) in [5.74, 6) is -1.44. The maximum atomic E-state index is 13.9.